The molecule has 1 amide bonds. The predicted octanol–water partition coefficient (Wildman–Crippen LogP) is 4.97. The Kier molecular flexibility index (Phi) is 7.26. The molecular formula is C25H24N4O3S. The van der Waals surface area contributed by atoms with Crippen molar-refractivity contribution in [3.05, 3.63) is 90.8 Å². The number of carbonyl (C=O) groups excluding carboxylic acids is 1. The van der Waals surface area contributed by atoms with Crippen molar-refractivity contribution < 1.29 is 14.3 Å². The van der Waals surface area contributed by atoms with E-state index in [0.29, 0.717) is 16.7 Å². The Morgan fingerprint density at radius 1 is 0.939 bits per heavy atom. The fourth-order valence-electron chi connectivity index (χ4n) is 3.10. The molecule has 0 fully saturated rings. The molecule has 1 unspecified atom stereocenters. The van der Waals surface area contributed by atoms with E-state index in [1.165, 1.54) is 11.8 Å². The third-order valence-corrected chi connectivity index (χ3v) is 5.88. The van der Waals surface area contributed by atoms with Crippen LogP contribution in [0.25, 0.3) is 5.69 Å². The second kappa shape index (κ2) is 10.7. The largest absolute Gasteiger partial charge is 0.497 e. The van der Waals surface area contributed by atoms with E-state index < -0.39 is 0 Å². The van der Waals surface area contributed by atoms with Crippen molar-refractivity contribution in [2.24, 2.45) is 0 Å². The molecule has 1 heterocycles. The minimum Gasteiger partial charge on any atom is -0.497 e. The summed E-state index contributed by atoms with van der Waals surface area (Å²) in [6, 6.07) is 26.5. The van der Waals surface area contributed by atoms with Gasteiger partial charge in [0.1, 0.15) is 18.1 Å². The van der Waals surface area contributed by atoms with Crippen LogP contribution in [0, 0.1) is 0 Å². The van der Waals surface area contributed by atoms with E-state index >= 15 is 0 Å². The lowest BCUT2D eigenvalue weighted by Crippen LogP contribution is -2.22. The molecule has 1 atom stereocenters. The van der Waals surface area contributed by atoms with Gasteiger partial charge in [0, 0.05) is 11.4 Å². The van der Waals surface area contributed by atoms with Gasteiger partial charge in [-0.25, -0.2) is 0 Å². The first-order chi connectivity index (χ1) is 16.1. The molecule has 0 saturated carbocycles. The van der Waals surface area contributed by atoms with Crippen molar-refractivity contribution in [3.8, 4) is 17.2 Å². The summed E-state index contributed by atoms with van der Waals surface area (Å²) < 4.78 is 13.0. The van der Waals surface area contributed by atoms with Crippen molar-refractivity contribution in [1.82, 2.24) is 14.8 Å². The van der Waals surface area contributed by atoms with Gasteiger partial charge in [0.2, 0.25) is 5.91 Å². The zero-order chi connectivity index (χ0) is 23.0. The van der Waals surface area contributed by atoms with Gasteiger partial charge >= 0.3 is 0 Å². The molecule has 0 aliphatic rings. The van der Waals surface area contributed by atoms with Gasteiger partial charge in [-0.05, 0) is 55.5 Å². The van der Waals surface area contributed by atoms with Crippen molar-refractivity contribution in [2.75, 3.05) is 12.4 Å². The molecule has 3 aromatic carbocycles. The topological polar surface area (TPSA) is 78.3 Å². The Hall–Kier alpha value is -3.78. The number of hydrogen-bond acceptors (Lipinski definition) is 6. The minimum atomic E-state index is -0.382. The molecule has 7 nitrogen and oxygen atoms in total. The van der Waals surface area contributed by atoms with Gasteiger partial charge < -0.3 is 14.8 Å². The predicted molar refractivity (Wildman–Crippen MR) is 129 cm³/mol. The SMILES string of the molecule is COc1ccc(OCc2nnc(SC(C)C(=O)Nc3ccccc3)n2-c2ccccc2)cc1. The lowest BCUT2D eigenvalue weighted by atomic mass is 10.3. The molecule has 0 spiro atoms. The van der Waals surface area contributed by atoms with Crippen LogP contribution in [0.4, 0.5) is 5.69 Å². The van der Waals surface area contributed by atoms with Crippen molar-refractivity contribution in [3.63, 3.8) is 0 Å². The number of benzene rings is 3. The number of para-hydroxylation sites is 2. The molecule has 1 N–H and O–H groups in total. The molecule has 168 valence electrons. The molecule has 4 rings (SSSR count). The molecule has 4 aromatic rings. The van der Waals surface area contributed by atoms with E-state index in [-0.39, 0.29) is 17.8 Å². The molecule has 0 aliphatic carbocycles. The monoisotopic (exact) mass is 460 g/mol. The molecule has 0 radical (unpaired) electrons. The van der Waals surface area contributed by atoms with E-state index in [1.54, 1.807) is 7.11 Å². The number of hydrogen-bond donors (Lipinski definition) is 1. The number of nitrogens with one attached hydrogen (secondary N) is 1. The number of nitrogens with zero attached hydrogens (tertiary/aromatic N) is 3. The molecule has 1 aromatic heterocycles. The number of amides is 1. The van der Waals surface area contributed by atoms with Crippen LogP contribution in [-0.4, -0.2) is 33.0 Å². The number of methoxy groups -OCH3 is 1. The highest BCUT2D eigenvalue weighted by molar-refractivity contribution is 8.00. The fourth-order valence-corrected chi connectivity index (χ4v) is 3.99. The number of anilines is 1. The average molecular weight is 461 g/mol. The number of ether oxygens (including phenoxy) is 2. The zero-order valence-corrected chi connectivity index (χ0v) is 19.2. The number of thioether (sulfide) groups is 1. The Morgan fingerprint density at radius 3 is 2.24 bits per heavy atom. The summed E-state index contributed by atoms with van der Waals surface area (Å²) in [6.45, 7) is 2.07. The quantitative estimate of drug-likeness (QED) is 0.355. The molecule has 0 aliphatic heterocycles. The summed E-state index contributed by atoms with van der Waals surface area (Å²) in [6.07, 6.45) is 0. The van der Waals surface area contributed by atoms with Crippen LogP contribution in [0.15, 0.2) is 90.1 Å². The molecular weight excluding hydrogens is 436 g/mol. The maximum Gasteiger partial charge on any atom is 0.237 e. The van der Waals surface area contributed by atoms with E-state index in [4.69, 9.17) is 9.47 Å². The highest BCUT2D eigenvalue weighted by Gasteiger charge is 2.21. The van der Waals surface area contributed by atoms with Crippen LogP contribution in [-0.2, 0) is 11.4 Å². The van der Waals surface area contributed by atoms with Crippen molar-refractivity contribution in [2.45, 2.75) is 23.9 Å². The third-order valence-electron chi connectivity index (χ3n) is 4.83. The Morgan fingerprint density at radius 2 is 1.58 bits per heavy atom. The summed E-state index contributed by atoms with van der Waals surface area (Å²) in [7, 11) is 1.62. The fraction of sp³-hybridized carbons (Fsp3) is 0.160. The summed E-state index contributed by atoms with van der Waals surface area (Å²) >= 11 is 1.35. The lowest BCUT2D eigenvalue weighted by Gasteiger charge is -2.14. The smallest absolute Gasteiger partial charge is 0.237 e. The summed E-state index contributed by atoms with van der Waals surface area (Å²) in [5.74, 6) is 1.99. The third kappa shape index (κ3) is 5.72. The first-order valence-corrected chi connectivity index (χ1v) is 11.3. The van der Waals surface area contributed by atoms with Gasteiger partial charge in [-0.1, -0.05) is 48.2 Å². The van der Waals surface area contributed by atoms with Crippen molar-refractivity contribution in [1.29, 1.82) is 0 Å². The van der Waals surface area contributed by atoms with Gasteiger partial charge in [-0.3, -0.25) is 9.36 Å². The first kappa shape index (κ1) is 22.4. The summed E-state index contributed by atoms with van der Waals surface area (Å²) in [5.41, 5.74) is 1.65. The number of aromatic nitrogens is 3. The highest BCUT2D eigenvalue weighted by Crippen LogP contribution is 2.27. The summed E-state index contributed by atoms with van der Waals surface area (Å²) in [4.78, 5) is 12.7. The van der Waals surface area contributed by atoms with Gasteiger partial charge in [0.05, 0.1) is 12.4 Å². The standard InChI is InChI=1S/C25H24N4O3S/c1-18(24(30)26-19-9-5-3-6-10-19)33-25-28-27-23(29(25)20-11-7-4-8-12-20)17-32-22-15-13-21(31-2)14-16-22/h3-16,18H,17H2,1-2H3,(H,26,30). The van der Waals surface area contributed by atoms with Crippen LogP contribution < -0.4 is 14.8 Å². The van der Waals surface area contributed by atoms with Crippen LogP contribution >= 0.6 is 11.8 Å². The molecule has 8 heteroatoms. The van der Waals surface area contributed by atoms with Crippen LogP contribution in [0.3, 0.4) is 0 Å². The number of carbonyl (C=O) groups is 1. The van der Waals surface area contributed by atoms with Crippen LogP contribution in [0.1, 0.15) is 12.7 Å². The normalized spacial score (nSPS) is 11.6. The number of rotatable bonds is 9. The van der Waals surface area contributed by atoms with E-state index in [0.717, 1.165) is 17.1 Å². The van der Waals surface area contributed by atoms with E-state index in [2.05, 4.69) is 15.5 Å². The Labute approximate surface area is 196 Å². The Bertz CT molecular complexity index is 1180. The zero-order valence-electron chi connectivity index (χ0n) is 18.3. The van der Waals surface area contributed by atoms with E-state index in [1.807, 2.05) is 96.4 Å². The maximum atomic E-state index is 12.7. The first-order valence-electron chi connectivity index (χ1n) is 10.4. The second-order valence-electron chi connectivity index (χ2n) is 7.15. The molecule has 0 saturated heterocycles. The highest BCUT2D eigenvalue weighted by atomic mass is 32.2. The molecule has 0 bridgehead atoms. The minimum absolute atomic E-state index is 0.107. The summed E-state index contributed by atoms with van der Waals surface area (Å²) in [5, 5.41) is 11.9. The van der Waals surface area contributed by atoms with Gasteiger partial charge in [-0.2, -0.15) is 0 Å². The van der Waals surface area contributed by atoms with Gasteiger partial charge in [0.15, 0.2) is 11.0 Å². The van der Waals surface area contributed by atoms with Crippen LogP contribution in [0.5, 0.6) is 11.5 Å². The second-order valence-corrected chi connectivity index (χ2v) is 8.46. The lowest BCUT2D eigenvalue weighted by molar-refractivity contribution is -0.115. The van der Waals surface area contributed by atoms with Gasteiger partial charge in [0.25, 0.3) is 0 Å². The maximum absolute atomic E-state index is 12.7. The molecule has 33 heavy (non-hydrogen) atoms. The van der Waals surface area contributed by atoms with Crippen LogP contribution in [0.2, 0.25) is 0 Å². The van der Waals surface area contributed by atoms with E-state index in [9.17, 15) is 4.79 Å². The Balaban J connectivity index is 1.52. The average Bonchev–Trinajstić information content (AvgIpc) is 3.26. The van der Waals surface area contributed by atoms with Gasteiger partial charge in [-0.15, -0.1) is 10.2 Å². The van der Waals surface area contributed by atoms with Crippen molar-refractivity contribution >= 4 is 23.4 Å².